The van der Waals surface area contributed by atoms with Crippen LogP contribution in [0.2, 0.25) is 0 Å². The van der Waals surface area contributed by atoms with Crippen molar-refractivity contribution in [3.63, 3.8) is 0 Å². The number of H-pyrrole nitrogens is 2. The Bertz CT molecular complexity index is 1490. The van der Waals surface area contributed by atoms with Gasteiger partial charge in [-0.1, -0.05) is 0 Å². The van der Waals surface area contributed by atoms with Crippen LogP contribution in [-0.2, 0) is 0 Å². The fourth-order valence-electron chi connectivity index (χ4n) is 3.58. The van der Waals surface area contributed by atoms with E-state index in [-0.39, 0.29) is 0 Å². The number of aromatic amines is 2. The van der Waals surface area contributed by atoms with Gasteiger partial charge >= 0.3 is 0 Å². The third-order valence-electron chi connectivity index (χ3n) is 4.97. The standard InChI is InChI=1S/C22H14N8/c1-2-13(11-23-6-1)20-14-10-18(27-15(14)5-7-26-20)22-21-17(29-30-22)4-3-16(28-21)19-12-24-8-9-25-19/h1-12,27H,(H,29,30). The highest BCUT2D eigenvalue weighted by Gasteiger charge is 2.16. The highest BCUT2D eigenvalue weighted by molar-refractivity contribution is 5.99. The Hall–Kier alpha value is -4.46. The Morgan fingerprint density at radius 1 is 0.733 bits per heavy atom. The molecule has 6 aromatic heterocycles. The van der Waals surface area contributed by atoms with Gasteiger partial charge in [-0.25, -0.2) is 4.98 Å². The molecule has 0 unspecified atom stereocenters. The molecule has 0 spiro atoms. The molecule has 6 aromatic rings. The molecule has 8 nitrogen and oxygen atoms in total. The molecule has 0 bridgehead atoms. The van der Waals surface area contributed by atoms with Crippen molar-refractivity contribution in [3.8, 4) is 34.0 Å². The largest absolute Gasteiger partial charge is 0.353 e. The maximum atomic E-state index is 4.79. The molecule has 0 aromatic carbocycles. The summed E-state index contributed by atoms with van der Waals surface area (Å²) in [5.74, 6) is 0. The Morgan fingerprint density at radius 2 is 1.70 bits per heavy atom. The first-order chi connectivity index (χ1) is 14.9. The number of pyridine rings is 3. The zero-order valence-corrected chi connectivity index (χ0v) is 15.6. The van der Waals surface area contributed by atoms with Crippen LogP contribution in [-0.4, -0.2) is 40.1 Å². The van der Waals surface area contributed by atoms with Crippen molar-refractivity contribution < 1.29 is 0 Å². The molecule has 0 amide bonds. The topological polar surface area (TPSA) is 109 Å². The van der Waals surface area contributed by atoms with Crippen molar-refractivity contribution in [2.45, 2.75) is 0 Å². The van der Waals surface area contributed by atoms with Crippen molar-refractivity contribution in [1.29, 1.82) is 0 Å². The van der Waals surface area contributed by atoms with Gasteiger partial charge in [0.25, 0.3) is 0 Å². The molecule has 6 heterocycles. The molecule has 0 aliphatic carbocycles. The van der Waals surface area contributed by atoms with Gasteiger partial charge in [0.15, 0.2) is 0 Å². The molecule has 0 saturated carbocycles. The Morgan fingerprint density at radius 3 is 2.57 bits per heavy atom. The summed E-state index contributed by atoms with van der Waals surface area (Å²) in [5.41, 5.74) is 7.47. The van der Waals surface area contributed by atoms with Gasteiger partial charge in [0.05, 0.1) is 28.8 Å². The van der Waals surface area contributed by atoms with Crippen LogP contribution < -0.4 is 0 Å². The smallest absolute Gasteiger partial charge is 0.135 e. The maximum Gasteiger partial charge on any atom is 0.135 e. The van der Waals surface area contributed by atoms with Crippen LogP contribution in [0.4, 0.5) is 0 Å². The Balaban J connectivity index is 1.52. The third kappa shape index (κ3) is 2.62. The molecule has 0 saturated heterocycles. The summed E-state index contributed by atoms with van der Waals surface area (Å²) in [7, 11) is 0. The predicted octanol–water partition coefficient (Wildman–Crippen LogP) is 4.02. The van der Waals surface area contributed by atoms with E-state index >= 15 is 0 Å². The summed E-state index contributed by atoms with van der Waals surface area (Å²) in [6, 6.07) is 11.8. The van der Waals surface area contributed by atoms with E-state index in [9.17, 15) is 0 Å². The number of nitrogens with one attached hydrogen (secondary N) is 2. The summed E-state index contributed by atoms with van der Waals surface area (Å²) in [4.78, 5) is 25.5. The van der Waals surface area contributed by atoms with Gasteiger partial charge in [-0.05, 0) is 36.4 Å². The van der Waals surface area contributed by atoms with E-state index in [1.54, 1.807) is 31.0 Å². The SMILES string of the molecule is c1cncc(-c2nccc3[nH]c(-c4n[nH]c5ccc(-c6cnccn6)nc45)cc23)c1. The van der Waals surface area contributed by atoms with Gasteiger partial charge in [-0.15, -0.1) is 0 Å². The predicted molar refractivity (Wildman–Crippen MR) is 113 cm³/mol. The monoisotopic (exact) mass is 390 g/mol. The number of nitrogens with zero attached hydrogens (tertiary/aromatic N) is 6. The number of hydrogen-bond donors (Lipinski definition) is 2. The molecule has 30 heavy (non-hydrogen) atoms. The minimum atomic E-state index is 0.714. The summed E-state index contributed by atoms with van der Waals surface area (Å²) < 4.78 is 0. The second kappa shape index (κ2) is 6.56. The molecule has 6 rings (SSSR count). The van der Waals surface area contributed by atoms with Crippen LogP contribution in [0.25, 0.3) is 56.0 Å². The van der Waals surface area contributed by atoms with E-state index in [0.717, 1.165) is 50.3 Å². The van der Waals surface area contributed by atoms with Gasteiger partial charge in [0.2, 0.25) is 0 Å². The van der Waals surface area contributed by atoms with Crippen LogP contribution in [0.15, 0.2) is 73.6 Å². The van der Waals surface area contributed by atoms with Crippen molar-refractivity contribution >= 4 is 21.9 Å². The van der Waals surface area contributed by atoms with Crippen molar-refractivity contribution in [1.82, 2.24) is 40.1 Å². The van der Waals surface area contributed by atoms with Gasteiger partial charge in [-0.3, -0.25) is 25.0 Å². The Labute approximate surface area is 170 Å². The first kappa shape index (κ1) is 16.5. The van der Waals surface area contributed by atoms with E-state index in [4.69, 9.17) is 4.98 Å². The van der Waals surface area contributed by atoms with Gasteiger partial charge in [0, 0.05) is 47.5 Å². The quantitative estimate of drug-likeness (QED) is 0.472. The molecule has 0 fully saturated rings. The first-order valence-corrected chi connectivity index (χ1v) is 9.37. The number of hydrogen-bond acceptors (Lipinski definition) is 6. The third-order valence-corrected chi connectivity index (χ3v) is 4.97. The second-order valence-electron chi connectivity index (χ2n) is 6.80. The minimum absolute atomic E-state index is 0.714. The second-order valence-corrected chi connectivity index (χ2v) is 6.80. The van der Waals surface area contributed by atoms with Gasteiger partial charge in [-0.2, -0.15) is 5.10 Å². The average Bonchev–Trinajstić information content (AvgIpc) is 3.43. The molecule has 0 atom stereocenters. The van der Waals surface area contributed by atoms with Gasteiger partial charge in [0.1, 0.15) is 16.9 Å². The van der Waals surface area contributed by atoms with Crippen molar-refractivity contribution in [2.75, 3.05) is 0 Å². The summed E-state index contributed by atoms with van der Waals surface area (Å²) in [5, 5.41) is 8.57. The lowest BCUT2D eigenvalue weighted by molar-refractivity contribution is 1.12. The zero-order valence-electron chi connectivity index (χ0n) is 15.6. The van der Waals surface area contributed by atoms with Crippen molar-refractivity contribution in [2.24, 2.45) is 0 Å². The lowest BCUT2D eigenvalue weighted by Crippen LogP contribution is -1.89. The Kier molecular flexibility index (Phi) is 3.60. The molecule has 0 radical (unpaired) electrons. The van der Waals surface area contributed by atoms with Crippen LogP contribution in [0.3, 0.4) is 0 Å². The van der Waals surface area contributed by atoms with Gasteiger partial charge < -0.3 is 4.98 Å². The van der Waals surface area contributed by atoms with Crippen LogP contribution in [0.5, 0.6) is 0 Å². The van der Waals surface area contributed by atoms with E-state index in [0.29, 0.717) is 5.69 Å². The molecular formula is C22H14N8. The minimum Gasteiger partial charge on any atom is -0.353 e. The maximum absolute atomic E-state index is 4.79. The lowest BCUT2D eigenvalue weighted by Gasteiger charge is -2.00. The fraction of sp³-hybridized carbons (Fsp3) is 0. The van der Waals surface area contributed by atoms with Crippen molar-refractivity contribution in [3.05, 3.63) is 73.6 Å². The molecule has 0 aliphatic heterocycles. The average molecular weight is 390 g/mol. The summed E-state index contributed by atoms with van der Waals surface area (Å²) in [6.45, 7) is 0. The van der Waals surface area contributed by atoms with Crippen LogP contribution in [0, 0.1) is 0 Å². The molecular weight excluding hydrogens is 376 g/mol. The normalized spacial score (nSPS) is 11.3. The first-order valence-electron chi connectivity index (χ1n) is 9.37. The number of rotatable bonds is 3. The fourth-order valence-corrected chi connectivity index (χ4v) is 3.58. The molecule has 8 heteroatoms. The highest BCUT2D eigenvalue weighted by atomic mass is 15.1. The van der Waals surface area contributed by atoms with Crippen LogP contribution >= 0.6 is 0 Å². The van der Waals surface area contributed by atoms with E-state index in [1.807, 2.05) is 36.5 Å². The number of fused-ring (bicyclic) bond motifs is 2. The van der Waals surface area contributed by atoms with E-state index in [1.165, 1.54) is 0 Å². The summed E-state index contributed by atoms with van der Waals surface area (Å²) in [6.07, 6.45) is 10.3. The lowest BCUT2D eigenvalue weighted by atomic mass is 10.1. The van der Waals surface area contributed by atoms with E-state index in [2.05, 4.69) is 41.2 Å². The zero-order chi connectivity index (χ0) is 19.9. The summed E-state index contributed by atoms with van der Waals surface area (Å²) >= 11 is 0. The molecule has 2 N–H and O–H groups in total. The number of aromatic nitrogens is 8. The highest BCUT2D eigenvalue weighted by Crippen LogP contribution is 2.32. The van der Waals surface area contributed by atoms with E-state index < -0.39 is 0 Å². The van der Waals surface area contributed by atoms with Crippen LogP contribution in [0.1, 0.15) is 0 Å². The molecule has 0 aliphatic rings. The molecule has 142 valence electrons.